The van der Waals surface area contributed by atoms with E-state index in [0.29, 0.717) is 49.1 Å². The minimum Gasteiger partial charge on any atom is -0.459 e. The van der Waals surface area contributed by atoms with E-state index in [1.54, 1.807) is 12.2 Å². The molecule has 12 heteroatoms. The Balaban J connectivity index is 1.27. The molecule has 2 aromatic heterocycles. The Labute approximate surface area is 246 Å². The second-order valence-electron chi connectivity index (χ2n) is 10.5. The van der Waals surface area contributed by atoms with E-state index in [0.717, 1.165) is 37.1 Å². The van der Waals surface area contributed by atoms with Crippen LogP contribution in [0.1, 0.15) is 64.2 Å². The van der Waals surface area contributed by atoms with E-state index < -0.39 is 0 Å². The minimum atomic E-state index is 0.242. The number of benzene rings is 1. The maximum absolute atomic E-state index is 5.63. The number of hydrogen-bond acceptors (Lipinski definition) is 12. The Morgan fingerprint density at radius 1 is 0.571 bits per heavy atom. The maximum atomic E-state index is 5.63. The molecule has 2 heterocycles. The Hall–Kier alpha value is -4.48. The van der Waals surface area contributed by atoms with Crippen molar-refractivity contribution in [3.63, 3.8) is 0 Å². The highest BCUT2D eigenvalue weighted by Crippen LogP contribution is 2.25. The van der Waals surface area contributed by atoms with Crippen LogP contribution in [0.2, 0.25) is 0 Å². The van der Waals surface area contributed by atoms with Crippen molar-refractivity contribution >= 4 is 35.2 Å². The third-order valence-corrected chi connectivity index (χ3v) is 7.16. The third kappa shape index (κ3) is 8.76. The van der Waals surface area contributed by atoms with Gasteiger partial charge in [0.1, 0.15) is 13.2 Å². The summed E-state index contributed by atoms with van der Waals surface area (Å²) >= 11 is 0. The van der Waals surface area contributed by atoms with Crippen LogP contribution < -0.4 is 30.7 Å². The van der Waals surface area contributed by atoms with Gasteiger partial charge in [0, 0.05) is 23.5 Å². The first-order chi connectivity index (χ1) is 20.7. The van der Waals surface area contributed by atoms with Crippen molar-refractivity contribution in [2.75, 3.05) is 34.5 Å². The molecule has 12 nitrogen and oxygen atoms in total. The molecule has 5 rings (SSSR count). The molecule has 4 N–H and O–H groups in total. The second kappa shape index (κ2) is 14.9. The molecule has 0 aliphatic heterocycles. The average Bonchev–Trinajstić information content (AvgIpc) is 3.01. The molecular weight excluding hydrogens is 532 g/mol. The van der Waals surface area contributed by atoms with Crippen molar-refractivity contribution in [1.82, 2.24) is 29.9 Å². The molecule has 1 aromatic carbocycles. The van der Waals surface area contributed by atoms with Gasteiger partial charge in [0.05, 0.1) is 0 Å². The van der Waals surface area contributed by atoms with E-state index in [9.17, 15) is 0 Å². The van der Waals surface area contributed by atoms with Gasteiger partial charge in [-0.1, -0.05) is 63.8 Å². The Bertz CT molecular complexity index is 1210. The third-order valence-electron chi connectivity index (χ3n) is 7.16. The van der Waals surface area contributed by atoms with Gasteiger partial charge in [0.2, 0.25) is 23.8 Å². The summed E-state index contributed by atoms with van der Waals surface area (Å²) < 4.78 is 11.3. The van der Waals surface area contributed by atoms with Crippen molar-refractivity contribution in [2.24, 2.45) is 0 Å². The number of aromatic nitrogens is 6. The lowest BCUT2D eigenvalue weighted by molar-refractivity contribution is 0.332. The largest absolute Gasteiger partial charge is 0.459 e. The van der Waals surface area contributed by atoms with E-state index in [-0.39, 0.29) is 12.0 Å². The topological polar surface area (TPSA) is 144 Å². The number of anilines is 6. The lowest BCUT2D eigenvalue weighted by atomic mass is 9.96. The molecule has 0 spiro atoms. The predicted octanol–water partition coefficient (Wildman–Crippen LogP) is 6.16. The fourth-order valence-corrected chi connectivity index (χ4v) is 5.10. The zero-order valence-electron chi connectivity index (χ0n) is 24.0. The van der Waals surface area contributed by atoms with Crippen LogP contribution in [0.15, 0.2) is 49.6 Å². The van der Waals surface area contributed by atoms with E-state index in [1.165, 1.54) is 38.5 Å². The Kier molecular flexibility index (Phi) is 10.3. The molecule has 222 valence electrons. The first kappa shape index (κ1) is 29.0. The van der Waals surface area contributed by atoms with Crippen LogP contribution in [-0.2, 0) is 0 Å². The SMILES string of the molecule is C=CCOc1nc(Nc2ccc(Nc3nc(NC4CCCCC4)nc(OCC=C)n3)cc2)nc(NC2CCCCC2)n1. The zero-order chi connectivity index (χ0) is 29.0. The highest BCUT2D eigenvalue weighted by Gasteiger charge is 2.18. The molecule has 0 bridgehead atoms. The van der Waals surface area contributed by atoms with Crippen LogP contribution in [-0.4, -0.2) is 55.2 Å². The Morgan fingerprint density at radius 3 is 1.33 bits per heavy atom. The van der Waals surface area contributed by atoms with Crippen LogP contribution in [0.25, 0.3) is 0 Å². The van der Waals surface area contributed by atoms with Crippen molar-refractivity contribution in [3.8, 4) is 12.0 Å². The fourth-order valence-electron chi connectivity index (χ4n) is 5.10. The van der Waals surface area contributed by atoms with Gasteiger partial charge in [-0.05, 0) is 49.9 Å². The highest BCUT2D eigenvalue weighted by atomic mass is 16.5. The number of hydrogen-bond donors (Lipinski definition) is 4. The number of nitrogens with zero attached hydrogens (tertiary/aromatic N) is 6. The average molecular weight is 573 g/mol. The number of ether oxygens (including phenoxy) is 2. The van der Waals surface area contributed by atoms with Crippen molar-refractivity contribution in [1.29, 1.82) is 0 Å². The lowest BCUT2D eigenvalue weighted by Gasteiger charge is -2.23. The van der Waals surface area contributed by atoms with E-state index in [2.05, 4.69) is 64.3 Å². The van der Waals surface area contributed by atoms with Crippen LogP contribution in [0.3, 0.4) is 0 Å². The molecule has 42 heavy (non-hydrogen) atoms. The molecule has 0 radical (unpaired) electrons. The molecule has 3 aromatic rings. The van der Waals surface area contributed by atoms with E-state index in [4.69, 9.17) is 9.47 Å². The quantitative estimate of drug-likeness (QED) is 0.164. The molecule has 2 fully saturated rings. The minimum absolute atomic E-state index is 0.242. The Morgan fingerprint density at radius 2 is 0.952 bits per heavy atom. The summed E-state index contributed by atoms with van der Waals surface area (Å²) in [5.41, 5.74) is 1.60. The van der Waals surface area contributed by atoms with Crippen LogP contribution in [0.5, 0.6) is 12.0 Å². The van der Waals surface area contributed by atoms with Gasteiger partial charge in [0.25, 0.3) is 0 Å². The summed E-state index contributed by atoms with van der Waals surface area (Å²) in [6, 6.07) is 8.86. The van der Waals surface area contributed by atoms with Gasteiger partial charge >= 0.3 is 12.0 Å². The standard InChI is InChI=1S/C30H40N10O2/c1-3-19-41-29-37-25(31-21-11-7-5-8-12-21)35-27(39-29)33-23-15-17-24(18-16-23)34-28-36-26(32-22-13-9-6-10-14-22)38-30(40-28)42-20-4-2/h3-4,15-18,21-22H,1-2,5-14,19-20H2,(H2,31,33,35,37,39)(H2,32,34,36,38,40). The lowest BCUT2D eigenvalue weighted by Crippen LogP contribution is -2.24. The zero-order valence-corrected chi connectivity index (χ0v) is 24.0. The second-order valence-corrected chi connectivity index (χ2v) is 10.5. The van der Waals surface area contributed by atoms with Gasteiger partial charge < -0.3 is 30.7 Å². The first-order valence-corrected chi connectivity index (χ1v) is 14.8. The van der Waals surface area contributed by atoms with Gasteiger partial charge in [-0.15, -0.1) is 0 Å². The van der Waals surface area contributed by atoms with Crippen molar-refractivity contribution in [3.05, 3.63) is 49.6 Å². The molecule has 2 saturated carbocycles. The number of rotatable bonds is 14. The van der Waals surface area contributed by atoms with Crippen molar-refractivity contribution < 1.29 is 9.47 Å². The van der Waals surface area contributed by atoms with E-state index >= 15 is 0 Å². The summed E-state index contributed by atoms with van der Waals surface area (Å²) in [6.45, 7) is 8.03. The molecule has 0 unspecified atom stereocenters. The number of nitrogens with one attached hydrogen (secondary N) is 4. The fraction of sp³-hybridized carbons (Fsp3) is 0.467. The van der Waals surface area contributed by atoms with Gasteiger partial charge in [-0.2, -0.15) is 29.9 Å². The van der Waals surface area contributed by atoms with Crippen LogP contribution >= 0.6 is 0 Å². The summed E-state index contributed by atoms with van der Waals surface area (Å²) in [4.78, 5) is 26.9. The molecule has 2 aliphatic carbocycles. The molecule has 0 atom stereocenters. The summed E-state index contributed by atoms with van der Waals surface area (Å²) in [5.74, 6) is 1.78. The normalized spacial score (nSPS) is 15.8. The predicted molar refractivity (Wildman–Crippen MR) is 165 cm³/mol. The van der Waals surface area contributed by atoms with Gasteiger partial charge in [-0.25, -0.2) is 0 Å². The molecule has 0 saturated heterocycles. The summed E-state index contributed by atoms with van der Waals surface area (Å²) in [6.07, 6.45) is 15.1. The monoisotopic (exact) mass is 572 g/mol. The highest BCUT2D eigenvalue weighted by molar-refractivity contribution is 5.62. The van der Waals surface area contributed by atoms with Crippen molar-refractivity contribution in [2.45, 2.75) is 76.3 Å². The maximum Gasteiger partial charge on any atom is 0.323 e. The van der Waals surface area contributed by atoms with Gasteiger partial charge in [0.15, 0.2) is 0 Å². The first-order valence-electron chi connectivity index (χ1n) is 14.8. The van der Waals surface area contributed by atoms with Gasteiger partial charge in [-0.3, -0.25) is 0 Å². The summed E-state index contributed by atoms with van der Waals surface area (Å²) in [5, 5.41) is 13.4. The van der Waals surface area contributed by atoms with Crippen LogP contribution in [0, 0.1) is 0 Å². The summed E-state index contributed by atoms with van der Waals surface area (Å²) in [7, 11) is 0. The molecular formula is C30H40N10O2. The molecule has 2 aliphatic rings. The van der Waals surface area contributed by atoms with Crippen LogP contribution in [0.4, 0.5) is 35.2 Å². The molecule has 0 amide bonds. The van der Waals surface area contributed by atoms with E-state index in [1.807, 2.05) is 24.3 Å². The smallest absolute Gasteiger partial charge is 0.323 e.